The van der Waals surface area contributed by atoms with Crippen LogP contribution in [0.1, 0.15) is 56.3 Å². The average Bonchev–Trinajstić information content (AvgIpc) is 2.90. The first kappa shape index (κ1) is 14.8. The van der Waals surface area contributed by atoms with Crippen LogP contribution in [0.2, 0.25) is 0 Å². The number of carbonyl (C=O) groups excluding carboxylic acids is 1. The number of carbonyl (C=O) groups is 1. The summed E-state index contributed by atoms with van der Waals surface area (Å²) in [6.07, 6.45) is 7.72. The molecule has 2 N–H and O–H groups in total. The van der Waals surface area contributed by atoms with Gasteiger partial charge in [0.15, 0.2) is 0 Å². The Bertz CT molecular complexity index is 453. The van der Waals surface area contributed by atoms with Crippen LogP contribution in [-0.4, -0.2) is 24.0 Å². The topological polar surface area (TPSA) is 54.0 Å². The lowest BCUT2D eigenvalue weighted by Gasteiger charge is -2.23. The van der Waals surface area contributed by atoms with Crippen molar-refractivity contribution in [2.75, 3.05) is 18.4 Å². The van der Waals surface area contributed by atoms with E-state index in [0.29, 0.717) is 5.56 Å². The molecule has 1 aliphatic rings. The van der Waals surface area contributed by atoms with Crippen molar-refractivity contribution in [2.24, 2.45) is 5.41 Å². The third kappa shape index (κ3) is 3.95. The highest BCUT2D eigenvalue weighted by molar-refractivity contribution is 5.94. The van der Waals surface area contributed by atoms with Crippen LogP contribution < -0.4 is 10.6 Å². The summed E-state index contributed by atoms with van der Waals surface area (Å²) < 4.78 is 0. The standard InChI is InChI=1S/C16H25N3O/c1-3-9-17-14-11-13(6-10-18-14)15(20)19-12-16(2)7-4-5-8-16/h6,10-11H,3-5,7-9,12H2,1-2H3,(H,17,18)(H,19,20). The fraction of sp³-hybridized carbons (Fsp3) is 0.625. The van der Waals surface area contributed by atoms with Crippen molar-refractivity contribution in [3.8, 4) is 0 Å². The SMILES string of the molecule is CCCNc1cc(C(=O)NCC2(C)CCCC2)ccn1. The number of hydrogen-bond donors (Lipinski definition) is 2. The molecule has 20 heavy (non-hydrogen) atoms. The highest BCUT2D eigenvalue weighted by Crippen LogP contribution is 2.36. The van der Waals surface area contributed by atoms with Crippen LogP contribution in [0.15, 0.2) is 18.3 Å². The predicted molar refractivity (Wildman–Crippen MR) is 81.9 cm³/mol. The van der Waals surface area contributed by atoms with E-state index in [1.807, 2.05) is 6.07 Å². The first-order valence-electron chi connectivity index (χ1n) is 7.61. The summed E-state index contributed by atoms with van der Waals surface area (Å²) in [7, 11) is 0. The summed E-state index contributed by atoms with van der Waals surface area (Å²) in [5.74, 6) is 0.770. The second-order valence-electron chi connectivity index (χ2n) is 6.06. The van der Waals surface area contributed by atoms with E-state index in [2.05, 4.69) is 29.5 Å². The molecule has 0 bridgehead atoms. The van der Waals surface area contributed by atoms with Crippen LogP contribution in [0.4, 0.5) is 5.82 Å². The molecule has 4 heteroatoms. The van der Waals surface area contributed by atoms with Gasteiger partial charge in [0.25, 0.3) is 5.91 Å². The first-order valence-corrected chi connectivity index (χ1v) is 7.61. The van der Waals surface area contributed by atoms with Gasteiger partial charge in [-0.15, -0.1) is 0 Å². The molecule has 1 aliphatic carbocycles. The summed E-state index contributed by atoms with van der Waals surface area (Å²) in [6.45, 7) is 6.01. The zero-order valence-corrected chi connectivity index (χ0v) is 12.5. The summed E-state index contributed by atoms with van der Waals surface area (Å²) in [5, 5.41) is 6.27. The van der Waals surface area contributed by atoms with Gasteiger partial charge in [-0.1, -0.05) is 26.7 Å². The largest absolute Gasteiger partial charge is 0.370 e. The molecule has 110 valence electrons. The Morgan fingerprint density at radius 1 is 1.40 bits per heavy atom. The molecule has 1 amide bonds. The van der Waals surface area contributed by atoms with E-state index in [0.717, 1.165) is 25.3 Å². The zero-order chi connectivity index (χ0) is 14.4. The molecule has 0 unspecified atom stereocenters. The second-order valence-corrected chi connectivity index (χ2v) is 6.06. The van der Waals surface area contributed by atoms with Gasteiger partial charge < -0.3 is 10.6 Å². The van der Waals surface area contributed by atoms with Crippen LogP contribution in [0, 0.1) is 5.41 Å². The summed E-state index contributed by atoms with van der Waals surface area (Å²) >= 11 is 0. The number of amides is 1. The Hall–Kier alpha value is -1.58. The van der Waals surface area contributed by atoms with E-state index in [9.17, 15) is 4.79 Å². The van der Waals surface area contributed by atoms with Gasteiger partial charge >= 0.3 is 0 Å². The molecule has 0 spiro atoms. The quantitative estimate of drug-likeness (QED) is 0.838. The molecule has 0 atom stereocenters. The van der Waals surface area contributed by atoms with Crippen molar-refractivity contribution in [3.05, 3.63) is 23.9 Å². The van der Waals surface area contributed by atoms with Gasteiger partial charge in [0.2, 0.25) is 0 Å². The Balaban J connectivity index is 1.91. The summed E-state index contributed by atoms with van der Waals surface area (Å²) in [4.78, 5) is 16.4. The fourth-order valence-electron chi connectivity index (χ4n) is 2.72. The Kier molecular flexibility index (Phi) is 4.99. The lowest BCUT2D eigenvalue weighted by molar-refractivity contribution is 0.0934. The smallest absolute Gasteiger partial charge is 0.251 e. The van der Waals surface area contributed by atoms with E-state index in [1.165, 1.54) is 25.7 Å². The second kappa shape index (κ2) is 6.73. The number of hydrogen-bond acceptors (Lipinski definition) is 3. The molecule has 1 aromatic heterocycles. The maximum Gasteiger partial charge on any atom is 0.251 e. The Morgan fingerprint density at radius 3 is 2.85 bits per heavy atom. The molecule has 1 heterocycles. The number of pyridine rings is 1. The molecular formula is C16H25N3O. The average molecular weight is 275 g/mol. The molecule has 0 aliphatic heterocycles. The van der Waals surface area contributed by atoms with Crippen molar-refractivity contribution in [1.29, 1.82) is 0 Å². The van der Waals surface area contributed by atoms with Crippen LogP contribution >= 0.6 is 0 Å². The van der Waals surface area contributed by atoms with Gasteiger partial charge in [0.05, 0.1) is 0 Å². The highest BCUT2D eigenvalue weighted by Gasteiger charge is 2.28. The molecule has 0 aromatic carbocycles. The molecule has 2 rings (SSSR count). The third-order valence-corrected chi connectivity index (χ3v) is 4.06. The maximum absolute atomic E-state index is 12.2. The van der Waals surface area contributed by atoms with Gasteiger partial charge in [-0.2, -0.15) is 0 Å². The van der Waals surface area contributed by atoms with Gasteiger partial charge in [-0.05, 0) is 36.8 Å². The number of aromatic nitrogens is 1. The van der Waals surface area contributed by atoms with Crippen molar-refractivity contribution in [3.63, 3.8) is 0 Å². The number of nitrogens with one attached hydrogen (secondary N) is 2. The van der Waals surface area contributed by atoms with Gasteiger partial charge in [-0.3, -0.25) is 4.79 Å². The third-order valence-electron chi connectivity index (χ3n) is 4.06. The van der Waals surface area contributed by atoms with Crippen LogP contribution in [-0.2, 0) is 0 Å². The van der Waals surface area contributed by atoms with Crippen LogP contribution in [0.3, 0.4) is 0 Å². The van der Waals surface area contributed by atoms with Crippen LogP contribution in [0.5, 0.6) is 0 Å². The fourth-order valence-corrected chi connectivity index (χ4v) is 2.72. The minimum absolute atomic E-state index is 0.0000680. The molecule has 4 nitrogen and oxygen atoms in total. The summed E-state index contributed by atoms with van der Waals surface area (Å²) in [5.41, 5.74) is 0.964. The highest BCUT2D eigenvalue weighted by atomic mass is 16.1. The monoisotopic (exact) mass is 275 g/mol. The first-order chi connectivity index (χ1) is 9.63. The van der Waals surface area contributed by atoms with E-state index in [1.54, 1.807) is 12.3 Å². The normalized spacial score (nSPS) is 16.9. The molecule has 1 aromatic rings. The van der Waals surface area contributed by atoms with Crippen molar-refractivity contribution in [1.82, 2.24) is 10.3 Å². The van der Waals surface area contributed by atoms with E-state index in [-0.39, 0.29) is 11.3 Å². The maximum atomic E-state index is 12.2. The molecule has 1 saturated carbocycles. The number of rotatable bonds is 6. The van der Waals surface area contributed by atoms with Gasteiger partial charge in [0.1, 0.15) is 5.82 Å². The van der Waals surface area contributed by atoms with E-state index >= 15 is 0 Å². The van der Waals surface area contributed by atoms with Gasteiger partial charge in [0, 0.05) is 24.8 Å². The van der Waals surface area contributed by atoms with Crippen molar-refractivity contribution in [2.45, 2.75) is 46.0 Å². The minimum atomic E-state index is 0.0000680. The Morgan fingerprint density at radius 2 is 2.15 bits per heavy atom. The van der Waals surface area contributed by atoms with Crippen LogP contribution in [0.25, 0.3) is 0 Å². The van der Waals surface area contributed by atoms with Gasteiger partial charge in [-0.25, -0.2) is 4.98 Å². The Labute approximate surface area is 121 Å². The van der Waals surface area contributed by atoms with E-state index in [4.69, 9.17) is 0 Å². The molecular weight excluding hydrogens is 250 g/mol. The lowest BCUT2D eigenvalue weighted by Crippen LogP contribution is -2.34. The minimum Gasteiger partial charge on any atom is -0.370 e. The molecule has 0 radical (unpaired) electrons. The predicted octanol–water partition coefficient (Wildman–Crippen LogP) is 3.21. The molecule has 1 fully saturated rings. The molecule has 0 saturated heterocycles. The van der Waals surface area contributed by atoms with E-state index < -0.39 is 0 Å². The number of nitrogens with zero attached hydrogens (tertiary/aromatic N) is 1. The lowest BCUT2D eigenvalue weighted by atomic mass is 9.89. The number of anilines is 1. The van der Waals surface area contributed by atoms with Crippen molar-refractivity contribution < 1.29 is 4.79 Å². The zero-order valence-electron chi connectivity index (χ0n) is 12.5. The summed E-state index contributed by atoms with van der Waals surface area (Å²) in [6, 6.07) is 3.59. The van der Waals surface area contributed by atoms with Crippen molar-refractivity contribution >= 4 is 11.7 Å².